The SMILES string of the molecule is Cn1nc(C(=O)N[C@@H]2CC(=O)N(CCc3ccccc3)C2)ccc1=O. The summed E-state index contributed by atoms with van der Waals surface area (Å²) in [6.07, 6.45) is 1.07. The maximum absolute atomic E-state index is 12.2. The number of rotatable bonds is 5. The molecule has 130 valence electrons. The number of nitrogens with one attached hydrogen (secondary N) is 1. The van der Waals surface area contributed by atoms with Crippen molar-refractivity contribution in [3.63, 3.8) is 0 Å². The molecule has 0 bridgehead atoms. The molecule has 0 unspecified atom stereocenters. The van der Waals surface area contributed by atoms with E-state index in [-0.39, 0.29) is 35.5 Å². The lowest BCUT2D eigenvalue weighted by molar-refractivity contribution is -0.127. The summed E-state index contributed by atoms with van der Waals surface area (Å²) in [5.41, 5.74) is 1.06. The van der Waals surface area contributed by atoms with E-state index in [4.69, 9.17) is 0 Å². The van der Waals surface area contributed by atoms with Crippen molar-refractivity contribution >= 4 is 11.8 Å². The monoisotopic (exact) mass is 340 g/mol. The number of benzene rings is 1. The summed E-state index contributed by atoms with van der Waals surface area (Å²) in [5, 5.41) is 6.74. The van der Waals surface area contributed by atoms with E-state index in [1.807, 2.05) is 30.3 Å². The van der Waals surface area contributed by atoms with E-state index in [9.17, 15) is 14.4 Å². The van der Waals surface area contributed by atoms with Gasteiger partial charge in [0.05, 0.1) is 6.04 Å². The van der Waals surface area contributed by atoms with Crippen LogP contribution >= 0.6 is 0 Å². The standard InChI is InChI=1S/C18H20N4O3/c1-21-16(23)8-7-15(20-21)18(25)19-14-11-17(24)22(12-14)10-9-13-5-3-2-4-6-13/h2-8,14H,9-12H2,1H3,(H,19,25)/t14-/m1/s1. The summed E-state index contributed by atoms with van der Waals surface area (Å²) in [4.78, 5) is 37.5. The minimum absolute atomic E-state index is 0.0367. The van der Waals surface area contributed by atoms with E-state index >= 15 is 0 Å². The van der Waals surface area contributed by atoms with Gasteiger partial charge < -0.3 is 10.2 Å². The number of hydrogen-bond donors (Lipinski definition) is 1. The van der Waals surface area contributed by atoms with Crippen LogP contribution in [-0.4, -0.2) is 45.6 Å². The molecule has 0 saturated carbocycles. The molecule has 1 saturated heterocycles. The lowest BCUT2D eigenvalue weighted by atomic mass is 10.1. The highest BCUT2D eigenvalue weighted by Gasteiger charge is 2.30. The molecule has 1 N–H and O–H groups in total. The Morgan fingerprint density at radius 3 is 2.68 bits per heavy atom. The number of likely N-dealkylation sites (tertiary alicyclic amines) is 1. The van der Waals surface area contributed by atoms with Crippen molar-refractivity contribution in [1.29, 1.82) is 0 Å². The van der Waals surface area contributed by atoms with Gasteiger partial charge in [0.15, 0.2) is 0 Å². The zero-order valence-electron chi connectivity index (χ0n) is 14.0. The van der Waals surface area contributed by atoms with Crippen molar-refractivity contribution in [2.75, 3.05) is 13.1 Å². The van der Waals surface area contributed by atoms with Crippen molar-refractivity contribution in [3.8, 4) is 0 Å². The lowest BCUT2D eigenvalue weighted by Gasteiger charge is -2.17. The van der Waals surface area contributed by atoms with E-state index in [0.717, 1.165) is 11.1 Å². The van der Waals surface area contributed by atoms with Crippen LogP contribution in [0.3, 0.4) is 0 Å². The Morgan fingerprint density at radius 2 is 1.96 bits per heavy atom. The highest BCUT2D eigenvalue weighted by molar-refractivity contribution is 5.93. The molecule has 0 spiro atoms. The van der Waals surface area contributed by atoms with Gasteiger partial charge in [0.1, 0.15) is 5.69 Å². The Balaban J connectivity index is 1.56. The maximum Gasteiger partial charge on any atom is 0.272 e. The third kappa shape index (κ3) is 4.12. The molecule has 1 aliphatic rings. The van der Waals surface area contributed by atoms with Gasteiger partial charge in [-0.1, -0.05) is 30.3 Å². The first-order valence-corrected chi connectivity index (χ1v) is 8.20. The van der Waals surface area contributed by atoms with Crippen molar-refractivity contribution < 1.29 is 9.59 Å². The second-order valence-electron chi connectivity index (χ2n) is 6.13. The van der Waals surface area contributed by atoms with Crippen LogP contribution in [0.2, 0.25) is 0 Å². The number of nitrogens with zero attached hydrogens (tertiary/aromatic N) is 3. The predicted octanol–water partition coefficient (Wildman–Crippen LogP) is 0.354. The number of aryl methyl sites for hydroxylation is 1. The smallest absolute Gasteiger partial charge is 0.272 e. The Bertz CT molecular complexity index is 832. The van der Waals surface area contributed by atoms with Crippen LogP contribution in [0.5, 0.6) is 0 Å². The molecule has 2 aromatic rings. The summed E-state index contributed by atoms with van der Waals surface area (Å²) in [6.45, 7) is 1.12. The lowest BCUT2D eigenvalue weighted by Crippen LogP contribution is -2.38. The van der Waals surface area contributed by atoms with Crippen molar-refractivity contribution in [1.82, 2.24) is 20.0 Å². The molecule has 2 amide bonds. The summed E-state index contributed by atoms with van der Waals surface area (Å²) in [7, 11) is 1.49. The van der Waals surface area contributed by atoms with Gasteiger partial charge in [0.25, 0.3) is 11.5 Å². The maximum atomic E-state index is 12.2. The molecule has 3 rings (SSSR count). The second-order valence-corrected chi connectivity index (χ2v) is 6.13. The van der Waals surface area contributed by atoms with Crippen LogP contribution in [0.25, 0.3) is 0 Å². The van der Waals surface area contributed by atoms with Crippen LogP contribution in [-0.2, 0) is 18.3 Å². The summed E-state index contributed by atoms with van der Waals surface area (Å²) in [5.74, 6) is -0.340. The Hall–Kier alpha value is -2.96. The summed E-state index contributed by atoms with van der Waals surface area (Å²) in [6, 6.07) is 12.4. The summed E-state index contributed by atoms with van der Waals surface area (Å²) >= 11 is 0. The Kier molecular flexibility index (Phi) is 4.92. The molecule has 7 heteroatoms. The highest BCUT2D eigenvalue weighted by Crippen LogP contribution is 2.13. The normalized spacial score (nSPS) is 16.9. The largest absolute Gasteiger partial charge is 0.346 e. The van der Waals surface area contributed by atoms with Crippen LogP contribution in [0.1, 0.15) is 22.5 Å². The average molecular weight is 340 g/mol. The van der Waals surface area contributed by atoms with Crippen LogP contribution < -0.4 is 10.9 Å². The second kappa shape index (κ2) is 7.29. The highest BCUT2D eigenvalue weighted by atomic mass is 16.2. The van der Waals surface area contributed by atoms with Crippen molar-refractivity contribution in [2.45, 2.75) is 18.9 Å². The fourth-order valence-electron chi connectivity index (χ4n) is 2.88. The molecule has 0 radical (unpaired) electrons. The first-order valence-electron chi connectivity index (χ1n) is 8.20. The minimum atomic E-state index is -0.377. The van der Waals surface area contributed by atoms with Gasteiger partial charge in [-0.15, -0.1) is 0 Å². The van der Waals surface area contributed by atoms with Crippen LogP contribution in [0, 0.1) is 0 Å². The molecule has 7 nitrogen and oxygen atoms in total. The van der Waals surface area contributed by atoms with E-state index in [1.165, 1.54) is 24.7 Å². The Labute approximate surface area is 145 Å². The van der Waals surface area contributed by atoms with Gasteiger partial charge in [0, 0.05) is 32.6 Å². The number of amides is 2. The Morgan fingerprint density at radius 1 is 1.20 bits per heavy atom. The number of carbonyl (C=O) groups excluding carboxylic acids is 2. The molecule has 1 aliphatic heterocycles. The molecule has 1 aromatic heterocycles. The molecule has 1 aromatic carbocycles. The molecular formula is C18H20N4O3. The van der Waals surface area contributed by atoms with Gasteiger partial charge in [-0.2, -0.15) is 5.10 Å². The van der Waals surface area contributed by atoms with Crippen LogP contribution in [0.4, 0.5) is 0 Å². The molecule has 1 atom stereocenters. The van der Waals surface area contributed by atoms with E-state index in [0.29, 0.717) is 13.1 Å². The van der Waals surface area contributed by atoms with Gasteiger partial charge in [-0.25, -0.2) is 4.68 Å². The minimum Gasteiger partial charge on any atom is -0.346 e. The molecule has 1 fully saturated rings. The van der Waals surface area contributed by atoms with Crippen LogP contribution in [0.15, 0.2) is 47.3 Å². The number of carbonyl (C=O) groups is 2. The van der Waals surface area contributed by atoms with E-state index < -0.39 is 0 Å². The fraction of sp³-hybridized carbons (Fsp3) is 0.333. The van der Waals surface area contributed by atoms with Gasteiger partial charge in [0.2, 0.25) is 5.91 Å². The fourth-order valence-corrected chi connectivity index (χ4v) is 2.88. The summed E-state index contributed by atoms with van der Waals surface area (Å²) < 4.78 is 1.11. The molecule has 0 aliphatic carbocycles. The first-order chi connectivity index (χ1) is 12.0. The average Bonchev–Trinajstić information content (AvgIpc) is 2.95. The first kappa shape index (κ1) is 16.9. The molecule has 25 heavy (non-hydrogen) atoms. The van der Waals surface area contributed by atoms with Gasteiger partial charge in [-0.3, -0.25) is 14.4 Å². The zero-order valence-corrected chi connectivity index (χ0v) is 14.0. The van der Waals surface area contributed by atoms with Crippen molar-refractivity contribution in [2.24, 2.45) is 7.05 Å². The van der Waals surface area contributed by atoms with Crippen molar-refractivity contribution in [3.05, 3.63) is 64.1 Å². The van der Waals surface area contributed by atoms with E-state index in [2.05, 4.69) is 10.4 Å². The molecular weight excluding hydrogens is 320 g/mol. The quantitative estimate of drug-likeness (QED) is 0.851. The zero-order chi connectivity index (χ0) is 17.8. The van der Waals surface area contributed by atoms with E-state index in [1.54, 1.807) is 4.90 Å². The molecule has 2 heterocycles. The van der Waals surface area contributed by atoms with Gasteiger partial charge >= 0.3 is 0 Å². The van der Waals surface area contributed by atoms with Gasteiger partial charge in [-0.05, 0) is 18.1 Å². The number of hydrogen-bond acceptors (Lipinski definition) is 4. The topological polar surface area (TPSA) is 84.3 Å². The third-order valence-electron chi connectivity index (χ3n) is 4.26. The predicted molar refractivity (Wildman–Crippen MR) is 92.1 cm³/mol. The number of aromatic nitrogens is 2. The third-order valence-corrected chi connectivity index (χ3v) is 4.26.